The third-order valence-electron chi connectivity index (χ3n) is 4.30. The van der Waals surface area contributed by atoms with E-state index in [-0.39, 0.29) is 12.4 Å². The molecule has 0 aliphatic heterocycles. The van der Waals surface area contributed by atoms with Crippen molar-refractivity contribution in [2.24, 2.45) is 0 Å². The molecule has 0 saturated heterocycles. The summed E-state index contributed by atoms with van der Waals surface area (Å²) in [6.45, 7) is -0.443. The Morgan fingerprint density at radius 2 is 1.87 bits per heavy atom. The van der Waals surface area contributed by atoms with Crippen molar-refractivity contribution in [3.8, 4) is 17.1 Å². The maximum Gasteiger partial charge on any atom is 0.304 e. The topological polar surface area (TPSA) is 118 Å². The van der Waals surface area contributed by atoms with Crippen LogP contribution in [0.25, 0.3) is 11.4 Å². The minimum atomic E-state index is -3.87. The zero-order chi connectivity index (χ0) is 22.4. The highest BCUT2D eigenvalue weighted by Gasteiger charge is 2.27. The van der Waals surface area contributed by atoms with Gasteiger partial charge in [-0.2, -0.15) is 17.7 Å². The minimum Gasteiger partial charge on any atom is -0.497 e. The fraction of sp³-hybridized carbons (Fsp3) is 0.250. The summed E-state index contributed by atoms with van der Waals surface area (Å²) in [7, 11) is 0.504. The molecule has 3 aromatic rings. The van der Waals surface area contributed by atoms with E-state index in [1.54, 1.807) is 61.7 Å². The second kappa shape index (κ2) is 9.58. The Morgan fingerprint density at radius 1 is 1.13 bits per heavy atom. The molecule has 1 aromatic heterocycles. The highest BCUT2D eigenvalue weighted by atomic mass is 32.2. The number of hydrogen-bond acceptors (Lipinski definition) is 7. The first-order valence-electron chi connectivity index (χ1n) is 9.30. The number of carbonyl (C=O) groups excluding carboxylic acids is 1. The zero-order valence-corrected chi connectivity index (χ0v) is 18.2. The summed E-state index contributed by atoms with van der Waals surface area (Å²) in [4.78, 5) is 16.7. The number of amides is 1. The molecule has 2 aromatic carbocycles. The van der Waals surface area contributed by atoms with Gasteiger partial charge in [-0.25, -0.2) is 4.31 Å². The van der Waals surface area contributed by atoms with Crippen molar-refractivity contribution in [1.82, 2.24) is 19.8 Å². The van der Waals surface area contributed by atoms with Gasteiger partial charge < -0.3 is 14.6 Å². The first-order valence-corrected chi connectivity index (χ1v) is 10.7. The molecular formula is C20H23N5O5S. The molecule has 31 heavy (non-hydrogen) atoms. The molecule has 11 heteroatoms. The molecular weight excluding hydrogens is 422 g/mol. The molecule has 0 radical (unpaired) electrons. The summed E-state index contributed by atoms with van der Waals surface area (Å²) in [5, 5.41) is 6.52. The summed E-state index contributed by atoms with van der Waals surface area (Å²) in [5.74, 6) is 0.674. The summed E-state index contributed by atoms with van der Waals surface area (Å²) in [6, 6.07) is 15.6. The molecule has 0 aliphatic carbocycles. The average molecular weight is 446 g/mol. The number of methoxy groups -OCH3 is 1. The molecule has 10 nitrogen and oxygen atoms in total. The van der Waals surface area contributed by atoms with Gasteiger partial charge in [0.05, 0.1) is 19.3 Å². The van der Waals surface area contributed by atoms with Gasteiger partial charge in [0.25, 0.3) is 0 Å². The zero-order valence-electron chi connectivity index (χ0n) is 17.3. The summed E-state index contributed by atoms with van der Waals surface area (Å²) < 4.78 is 37.8. The Bertz CT molecular complexity index is 1130. The molecule has 3 rings (SSSR count). The third kappa shape index (κ3) is 5.38. The Morgan fingerprint density at radius 3 is 2.55 bits per heavy atom. The molecule has 1 heterocycles. The van der Waals surface area contributed by atoms with Gasteiger partial charge in [0.15, 0.2) is 0 Å². The van der Waals surface area contributed by atoms with E-state index < -0.39 is 22.7 Å². The highest BCUT2D eigenvalue weighted by molar-refractivity contribution is 7.90. The number of nitrogens with zero attached hydrogens (tertiary/aromatic N) is 4. The maximum atomic E-state index is 12.7. The summed E-state index contributed by atoms with van der Waals surface area (Å²) >= 11 is 0. The molecule has 0 fully saturated rings. The first kappa shape index (κ1) is 22.2. The number of benzene rings is 2. The van der Waals surface area contributed by atoms with Crippen LogP contribution in [-0.4, -0.2) is 56.5 Å². The number of anilines is 1. The van der Waals surface area contributed by atoms with E-state index in [0.717, 1.165) is 8.61 Å². The fourth-order valence-corrected chi connectivity index (χ4v) is 3.73. The van der Waals surface area contributed by atoms with Crippen LogP contribution in [0.2, 0.25) is 0 Å². The van der Waals surface area contributed by atoms with Crippen LogP contribution in [0, 0.1) is 0 Å². The molecule has 1 amide bonds. The van der Waals surface area contributed by atoms with Gasteiger partial charge in [-0.15, -0.1) is 0 Å². The largest absolute Gasteiger partial charge is 0.497 e. The predicted octanol–water partition coefficient (Wildman–Crippen LogP) is 1.67. The van der Waals surface area contributed by atoms with Gasteiger partial charge in [0.2, 0.25) is 17.6 Å². The Balaban J connectivity index is 1.68. The van der Waals surface area contributed by atoms with E-state index in [2.05, 4.69) is 15.5 Å². The van der Waals surface area contributed by atoms with E-state index in [4.69, 9.17) is 9.26 Å². The monoisotopic (exact) mass is 445 g/mol. The molecule has 0 unspecified atom stereocenters. The molecule has 0 bridgehead atoms. The highest BCUT2D eigenvalue weighted by Crippen LogP contribution is 2.21. The van der Waals surface area contributed by atoms with Gasteiger partial charge in [0.1, 0.15) is 12.3 Å². The molecule has 0 spiro atoms. The molecule has 164 valence electrons. The van der Waals surface area contributed by atoms with Crippen molar-refractivity contribution in [1.29, 1.82) is 0 Å². The van der Waals surface area contributed by atoms with Crippen molar-refractivity contribution in [2.75, 3.05) is 32.1 Å². The molecule has 0 atom stereocenters. The second-order valence-electron chi connectivity index (χ2n) is 6.65. The van der Waals surface area contributed by atoms with E-state index in [0.29, 0.717) is 22.8 Å². The van der Waals surface area contributed by atoms with Crippen LogP contribution in [0.1, 0.15) is 5.89 Å². The Kier molecular flexibility index (Phi) is 6.88. The van der Waals surface area contributed by atoms with Crippen molar-refractivity contribution in [3.63, 3.8) is 0 Å². The van der Waals surface area contributed by atoms with Crippen LogP contribution in [0.4, 0.5) is 5.69 Å². The lowest BCUT2D eigenvalue weighted by atomic mass is 10.2. The van der Waals surface area contributed by atoms with E-state index in [1.165, 1.54) is 14.1 Å². The lowest BCUT2D eigenvalue weighted by Crippen LogP contribution is -2.45. The number of nitrogens with one attached hydrogen (secondary N) is 1. The van der Waals surface area contributed by atoms with E-state index in [9.17, 15) is 13.2 Å². The normalized spacial score (nSPS) is 11.4. The van der Waals surface area contributed by atoms with Crippen molar-refractivity contribution in [3.05, 3.63) is 60.5 Å². The van der Waals surface area contributed by atoms with E-state index >= 15 is 0 Å². The van der Waals surface area contributed by atoms with Gasteiger partial charge in [0, 0.05) is 19.7 Å². The van der Waals surface area contributed by atoms with Gasteiger partial charge in [-0.1, -0.05) is 35.5 Å². The lowest BCUT2D eigenvalue weighted by Gasteiger charge is -2.26. The van der Waals surface area contributed by atoms with Gasteiger partial charge in [-0.3, -0.25) is 4.79 Å². The maximum absolute atomic E-state index is 12.7. The number of hydrogen-bond donors (Lipinski definition) is 1. The molecule has 1 N–H and O–H groups in total. The Hall–Kier alpha value is -3.44. The van der Waals surface area contributed by atoms with Crippen LogP contribution in [0.5, 0.6) is 5.75 Å². The summed E-state index contributed by atoms with van der Waals surface area (Å²) in [5.41, 5.74) is 1.08. The number of para-hydroxylation sites is 1. The van der Waals surface area contributed by atoms with E-state index in [1.807, 2.05) is 0 Å². The molecule has 0 saturated carbocycles. The fourth-order valence-electron chi connectivity index (χ4n) is 2.66. The Labute approximate surface area is 180 Å². The number of aromatic nitrogens is 2. The average Bonchev–Trinajstić information content (AvgIpc) is 3.25. The summed E-state index contributed by atoms with van der Waals surface area (Å²) in [6.07, 6.45) is 0. The van der Waals surface area contributed by atoms with Crippen molar-refractivity contribution < 1.29 is 22.5 Å². The smallest absolute Gasteiger partial charge is 0.304 e. The second-order valence-corrected chi connectivity index (χ2v) is 8.72. The van der Waals surface area contributed by atoms with Gasteiger partial charge >= 0.3 is 10.2 Å². The number of ether oxygens (including phenoxy) is 1. The van der Waals surface area contributed by atoms with Crippen LogP contribution >= 0.6 is 0 Å². The third-order valence-corrected chi connectivity index (χ3v) is 6.12. The SMILES string of the molecule is COc1cccc(-c2noc(CNC(=O)CN(c3ccccc3)S(=O)(=O)N(C)C)n2)c1. The predicted molar refractivity (Wildman–Crippen MR) is 115 cm³/mol. The van der Waals surface area contributed by atoms with Crippen LogP contribution in [0.15, 0.2) is 59.1 Å². The number of carbonyl (C=O) groups is 1. The van der Waals surface area contributed by atoms with Crippen LogP contribution in [0.3, 0.4) is 0 Å². The number of rotatable bonds is 9. The quantitative estimate of drug-likeness (QED) is 0.532. The molecule has 0 aliphatic rings. The van der Waals surface area contributed by atoms with Crippen LogP contribution < -0.4 is 14.4 Å². The minimum absolute atomic E-state index is 0.0412. The van der Waals surface area contributed by atoms with Gasteiger partial charge in [-0.05, 0) is 24.3 Å². The van der Waals surface area contributed by atoms with Crippen molar-refractivity contribution in [2.45, 2.75) is 6.54 Å². The van der Waals surface area contributed by atoms with Crippen molar-refractivity contribution >= 4 is 21.8 Å². The standard InChI is InChI=1S/C20H23N5O5S/c1-24(2)31(27,28)25(16-9-5-4-6-10-16)14-18(26)21-13-19-22-20(23-30-19)15-8-7-11-17(12-15)29-3/h4-12H,13-14H2,1-3H3,(H,21,26). The lowest BCUT2D eigenvalue weighted by molar-refractivity contribution is -0.119. The van der Waals surface area contributed by atoms with Crippen LogP contribution in [-0.2, 0) is 21.5 Å². The first-order chi connectivity index (χ1) is 14.8.